The maximum atomic E-state index is 11.0. The van der Waals surface area contributed by atoms with Crippen molar-refractivity contribution in [1.29, 1.82) is 0 Å². The first kappa shape index (κ1) is 25.8. The number of benzene rings is 3. The van der Waals surface area contributed by atoms with E-state index in [4.69, 9.17) is 0 Å². The van der Waals surface area contributed by atoms with E-state index in [2.05, 4.69) is 0 Å². The third-order valence-corrected chi connectivity index (χ3v) is 7.75. The van der Waals surface area contributed by atoms with Crippen molar-refractivity contribution in [2.75, 3.05) is 24.6 Å². The van der Waals surface area contributed by atoms with E-state index >= 15 is 0 Å². The van der Waals surface area contributed by atoms with E-state index in [-0.39, 0.29) is 6.04 Å². The first-order valence-electron chi connectivity index (χ1n) is 11.2. The zero-order chi connectivity index (χ0) is 23.5. The maximum Gasteiger partial charge on any atom is 0.0942 e. The predicted octanol–water partition coefficient (Wildman–Crippen LogP) is 4.72. The van der Waals surface area contributed by atoms with Crippen molar-refractivity contribution < 1.29 is 15.3 Å². The van der Waals surface area contributed by atoms with Crippen LogP contribution in [0.5, 0.6) is 0 Å². The van der Waals surface area contributed by atoms with Gasteiger partial charge in [0.1, 0.15) is 0 Å². The van der Waals surface area contributed by atoms with Crippen LogP contribution in [-0.2, 0) is 0 Å². The van der Waals surface area contributed by atoms with Crippen LogP contribution in [0.25, 0.3) is 0 Å². The topological polar surface area (TPSA) is 63.9 Å². The van der Waals surface area contributed by atoms with Gasteiger partial charge in [-0.1, -0.05) is 66.7 Å². The van der Waals surface area contributed by atoms with Crippen molar-refractivity contribution in [2.24, 2.45) is 0 Å². The molecule has 3 rings (SSSR count). The summed E-state index contributed by atoms with van der Waals surface area (Å²) in [5, 5.41) is 32.5. The van der Waals surface area contributed by atoms with Gasteiger partial charge in [-0.05, 0) is 36.8 Å². The Labute approximate surface area is 205 Å². The highest BCUT2D eigenvalue weighted by Gasteiger charge is 2.27. The summed E-state index contributed by atoms with van der Waals surface area (Å²) in [7, 11) is 0. The van der Waals surface area contributed by atoms with E-state index in [1.807, 2.05) is 103 Å². The highest BCUT2D eigenvalue weighted by atomic mass is 32.2. The second-order valence-electron chi connectivity index (χ2n) is 8.11. The largest absolute Gasteiger partial charge is 0.391 e. The average Bonchev–Trinajstić information content (AvgIpc) is 2.86. The second kappa shape index (κ2) is 13.8. The van der Waals surface area contributed by atoms with Gasteiger partial charge in [0.15, 0.2) is 0 Å². The molecule has 0 aliphatic rings. The van der Waals surface area contributed by atoms with Gasteiger partial charge in [-0.2, -0.15) is 0 Å². The average molecular weight is 484 g/mol. The molecule has 0 amide bonds. The molecule has 0 aliphatic heterocycles. The first-order valence-corrected chi connectivity index (χ1v) is 13.2. The third-order valence-electron chi connectivity index (χ3n) is 5.44. The van der Waals surface area contributed by atoms with Gasteiger partial charge in [-0.25, -0.2) is 0 Å². The van der Waals surface area contributed by atoms with Crippen LogP contribution < -0.4 is 0 Å². The lowest BCUT2D eigenvalue weighted by atomic mass is 10.0. The summed E-state index contributed by atoms with van der Waals surface area (Å²) in [6.45, 7) is 2.70. The molecule has 4 unspecified atom stereocenters. The molecule has 4 nitrogen and oxygen atoms in total. The highest BCUT2D eigenvalue weighted by molar-refractivity contribution is 7.99. The molecule has 4 atom stereocenters. The van der Waals surface area contributed by atoms with E-state index in [9.17, 15) is 15.3 Å². The van der Waals surface area contributed by atoms with E-state index < -0.39 is 18.3 Å². The molecular weight excluding hydrogens is 450 g/mol. The highest BCUT2D eigenvalue weighted by Crippen LogP contribution is 2.24. The summed E-state index contributed by atoms with van der Waals surface area (Å²) in [6, 6.07) is 29.3. The summed E-state index contributed by atoms with van der Waals surface area (Å²) < 4.78 is 0. The lowest BCUT2D eigenvalue weighted by molar-refractivity contribution is 0.0102. The smallest absolute Gasteiger partial charge is 0.0942 e. The van der Waals surface area contributed by atoms with Crippen LogP contribution in [0, 0.1) is 0 Å². The lowest BCUT2D eigenvalue weighted by Gasteiger charge is -2.35. The molecule has 0 saturated carbocycles. The molecule has 0 radical (unpaired) electrons. The molecule has 0 heterocycles. The van der Waals surface area contributed by atoms with Gasteiger partial charge in [-0.3, -0.25) is 4.90 Å². The standard InChI is InChI=1S/C27H33NO3S2/c1-21(27(31)22-11-5-2-6-12-22)28(17-23(29)19-32-25-13-7-3-8-14-25)18-24(30)20-33-26-15-9-4-10-16-26/h2-16,21,23-24,27,29-31H,17-20H2,1H3. The molecule has 3 aromatic carbocycles. The van der Waals surface area contributed by atoms with E-state index in [1.54, 1.807) is 23.5 Å². The number of hydrogen-bond donors (Lipinski definition) is 3. The fraction of sp³-hybridized carbons (Fsp3) is 0.333. The second-order valence-corrected chi connectivity index (χ2v) is 10.3. The number of hydrogen-bond acceptors (Lipinski definition) is 6. The number of aliphatic hydroxyl groups excluding tert-OH is 3. The van der Waals surface area contributed by atoms with Crippen LogP contribution in [0.1, 0.15) is 18.6 Å². The Morgan fingerprint density at radius 1 is 0.636 bits per heavy atom. The Hall–Kier alpha value is -1.80. The molecule has 0 fully saturated rings. The summed E-state index contributed by atoms with van der Waals surface area (Å²) in [5.41, 5.74) is 0.830. The van der Waals surface area contributed by atoms with Crippen LogP contribution in [0.15, 0.2) is 101 Å². The predicted molar refractivity (Wildman–Crippen MR) is 139 cm³/mol. The van der Waals surface area contributed by atoms with Gasteiger partial charge in [0.2, 0.25) is 0 Å². The van der Waals surface area contributed by atoms with Crippen molar-refractivity contribution >= 4 is 23.5 Å². The van der Waals surface area contributed by atoms with Gasteiger partial charge in [0.25, 0.3) is 0 Å². The number of rotatable bonds is 13. The quantitative estimate of drug-likeness (QED) is 0.306. The molecule has 33 heavy (non-hydrogen) atoms. The zero-order valence-corrected chi connectivity index (χ0v) is 20.5. The Morgan fingerprint density at radius 2 is 1.03 bits per heavy atom. The minimum Gasteiger partial charge on any atom is -0.391 e. The van der Waals surface area contributed by atoms with Crippen molar-refractivity contribution in [3.05, 3.63) is 96.6 Å². The van der Waals surface area contributed by atoms with Gasteiger partial charge in [-0.15, -0.1) is 23.5 Å². The Bertz CT molecular complexity index is 863. The molecule has 3 N–H and O–H groups in total. The van der Waals surface area contributed by atoms with Crippen LogP contribution in [-0.4, -0.2) is 63.1 Å². The van der Waals surface area contributed by atoms with Crippen molar-refractivity contribution in [1.82, 2.24) is 4.90 Å². The van der Waals surface area contributed by atoms with Gasteiger partial charge in [0, 0.05) is 40.4 Å². The Morgan fingerprint density at radius 3 is 1.45 bits per heavy atom. The first-order chi connectivity index (χ1) is 16.0. The Kier molecular flexibility index (Phi) is 10.8. The fourth-order valence-corrected chi connectivity index (χ4v) is 5.28. The van der Waals surface area contributed by atoms with Crippen LogP contribution in [0.4, 0.5) is 0 Å². The summed E-state index contributed by atoms with van der Waals surface area (Å²) in [4.78, 5) is 4.23. The summed E-state index contributed by atoms with van der Waals surface area (Å²) >= 11 is 3.22. The minimum absolute atomic E-state index is 0.264. The molecule has 0 aromatic heterocycles. The molecule has 0 aliphatic carbocycles. The van der Waals surface area contributed by atoms with Gasteiger partial charge in [0.05, 0.1) is 18.3 Å². The summed E-state index contributed by atoms with van der Waals surface area (Å²) in [5.74, 6) is 1.09. The van der Waals surface area contributed by atoms with Crippen LogP contribution in [0.2, 0.25) is 0 Å². The number of thioether (sulfide) groups is 2. The van der Waals surface area contributed by atoms with Crippen molar-refractivity contribution in [3.8, 4) is 0 Å². The monoisotopic (exact) mass is 483 g/mol. The molecule has 0 saturated heterocycles. The number of nitrogens with zero attached hydrogens (tertiary/aromatic N) is 1. The zero-order valence-electron chi connectivity index (χ0n) is 18.9. The van der Waals surface area contributed by atoms with E-state index in [0.29, 0.717) is 24.6 Å². The third kappa shape index (κ3) is 8.81. The molecular formula is C27H33NO3S2. The molecule has 176 valence electrons. The fourth-order valence-electron chi connectivity index (χ4n) is 3.60. The van der Waals surface area contributed by atoms with Crippen LogP contribution in [0.3, 0.4) is 0 Å². The summed E-state index contributed by atoms with van der Waals surface area (Å²) in [6.07, 6.45) is -1.89. The number of aliphatic hydroxyl groups is 3. The molecule has 0 bridgehead atoms. The molecule has 0 spiro atoms. The SMILES string of the molecule is CC(C(O)c1ccccc1)N(CC(O)CSc1ccccc1)CC(O)CSc1ccccc1. The Balaban J connectivity index is 1.62. The molecule has 6 heteroatoms. The normalized spacial score (nSPS) is 15.2. The van der Waals surface area contributed by atoms with Crippen LogP contribution >= 0.6 is 23.5 Å². The van der Waals surface area contributed by atoms with E-state index in [1.165, 1.54) is 0 Å². The van der Waals surface area contributed by atoms with Gasteiger partial charge < -0.3 is 15.3 Å². The molecule has 3 aromatic rings. The van der Waals surface area contributed by atoms with Crippen molar-refractivity contribution in [2.45, 2.75) is 41.1 Å². The lowest BCUT2D eigenvalue weighted by Crippen LogP contribution is -2.46. The van der Waals surface area contributed by atoms with Crippen molar-refractivity contribution in [3.63, 3.8) is 0 Å². The van der Waals surface area contributed by atoms with E-state index in [0.717, 1.165) is 15.4 Å². The maximum absolute atomic E-state index is 11.0. The van der Waals surface area contributed by atoms with Gasteiger partial charge >= 0.3 is 0 Å². The minimum atomic E-state index is -0.714.